The van der Waals surface area contributed by atoms with Gasteiger partial charge in [-0.25, -0.2) is 4.79 Å². The molecule has 1 rings (SSSR count). The van der Waals surface area contributed by atoms with E-state index in [4.69, 9.17) is 4.74 Å². The first kappa shape index (κ1) is 19.8. The molecule has 0 aliphatic heterocycles. The van der Waals surface area contributed by atoms with E-state index in [9.17, 15) is 4.79 Å². The van der Waals surface area contributed by atoms with Crippen LogP contribution in [0.15, 0.2) is 18.2 Å². The van der Waals surface area contributed by atoms with Crippen LogP contribution in [0.4, 0.5) is 4.79 Å². The molecule has 0 aliphatic rings. The monoisotopic (exact) mass is 451 g/mol. The minimum atomic E-state index is -0.444. The summed E-state index contributed by atoms with van der Waals surface area (Å²) in [5, 5.41) is 4.51. The van der Waals surface area contributed by atoms with Crippen LogP contribution in [-0.2, 0) is 21.1 Å². The Labute approximate surface area is 154 Å². The fourth-order valence-corrected chi connectivity index (χ4v) is 3.63. The standard InChI is InChI=1S/C16H23Br2NO2S/c1-16(2,3)21-15(20)19-6-7-22-11-12-4-5-13(9-17)14(8-12)10-18/h4-5,8H,6-7,9-11H2,1-3H3,(H,19,20). The highest BCUT2D eigenvalue weighted by Gasteiger charge is 2.15. The van der Waals surface area contributed by atoms with Gasteiger partial charge in [0.1, 0.15) is 5.60 Å². The second-order valence-electron chi connectivity index (χ2n) is 5.85. The lowest BCUT2D eigenvalue weighted by molar-refractivity contribution is 0.0531. The summed E-state index contributed by atoms with van der Waals surface area (Å²) in [7, 11) is 0. The molecular weight excluding hydrogens is 430 g/mol. The second kappa shape index (κ2) is 9.83. The molecule has 0 radical (unpaired) electrons. The zero-order chi connectivity index (χ0) is 16.6. The van der Waals surface area contributed by atoms with Crippen molar-refractivity contribution in [1.82, 2.24) is 5.32 Å². The first-order chi connectivity index (χ1) is 10.4. The molecule has 0 saturated carbocycles. The zero-order valence-electron chi connectivity index (χ0n) is 13.2. The van der Waals surface area contributed by atoms with Crippen LogP contribution < -0.4 is 5.32 Å². The molecule has 22 heavy (non-hydrogen) atoms. The third-order valence-electron chi connectivity index (χ3n) is 2.74. The van der Waals surface area contributed by atoms with Crippen molar-refractivity contribution in [2.45, 2.75) is 42.8 Å². The number of nitrogens with one attached hydrogen (secondary N) is 1. The Balaban J connectivity index is 2.29. The van der Waals surface area contributed by atoms with E-state index < -0.39 is 5.60 Å². The number of hydrogen-bond acceptors (Lipinski definition) is 3. The highest BCUT2D eigenvalue weighted by molar-refractivity contribution is 9.09. The number of carbonyl (C=O) groups excluding carboxylic acids is 1. The molecule has 0 aliphatic carbocycles. The van der Waals surface area contributed by atoms with Crippen molar-refractivity contribution in [2.24, 2.45) is 0 Å². The van der Waals surface area contributed by atoms with Gasteiger partial charge in [0.2, 0.25) is 0 Å². The summed E-state index contributed by atoms with van der Waals surface area (Å²) < 4.78 is 5.19. The van der Waals surface area contributed by atoms with E-state index in [2.05, 4.69) is 55.4 Å². The molecule has 0 fully saturated rings. The van der Waals surface area contributed by atoms with Gasteiger partial charge >= 0.3 is 6.09 Å². The number of ether oxygens (including phenoxy) is 1. The van der Waals surface area contributed by atoms with Crippen LogP contribution in [0.2, 0.25) is 0 Å². The van der Waals surface area contributed by atoms with Crippen molar-refractivity contribution in [3.63, 3.8) is 0 Å². The Hall–Kier alpha value is -0.200. The summed E-state index contributed by atoms with van der Waals surface area (Å²) in [4.78, 5) is 11.5. The van der Waals surface area contributed by atoms with Crippen molar-refractivity contribution in [3.05, 3.63) is 34.9 Å². The SMILES string of the molecule is CC(C)(C)OC(=O)NCCSCc1ccc(CBr)c(CBr)c1. The number of hydrogen-bond donors (Lipinski definition) is 1. The van der Waals surface area contributed by atoms with Crippen LogP contribution in [0, 0.1) is 0 Å². The van der Waals surface area contributed by atoms with E-state index in [0.717, 1.165) is 22.2 Å². The fraction of sp³-hybridized carbons (Fsp3) is 0.562. The Bertz CT molecular complexity index is 490. The molecule has 1 amide bonds. The van der Waals surface area contributed by atoms with Crippen molar-refractivity contribution in [1.29, 1.82) is 0 Å². The van der Waals surface area contributed by atoms with E-state index >= 15 is 0 Å². The van der Waals surface area contributed by atoms with Gasteiger partial charge in [-0.3, -0.25) is 0 Å². The van der Waals surface area contributed by atoms with E-state index in [1.54, 1.807) is 11.8 Å². The lowest BCUT2D eigenvalue weighted by atomic mass is 10.1. The van der Waals surface area contributed by atoms with Crippen LogP contribution in [0.5, 0.6) is 0 Å². The van der Waals surface area contributed by atoms with Crippen molar-refractivity contribution >= 4 is 49.7 Å². The molecule has 1 aromatic rings. The summed E-state index contributed by atoms with van der Waals surface area (Å²) in [5.41, 5.74) is 3.50. The van der Waals surface area contributed by atoms with Crippen molar-refractivity contribution in [2.75, 3.05) is 12.3 Å². The van der Waals surface area contributed by atoms with Crippen LogP contribution in [0.3, 0.4) is 0 Å². The highest BCUT2D eigenvalue weighted by atomic mass is 79.9. The first-order valence-electron chi connectivity index (χ1n) is 7.13. The number of rotatable bonds is 7. The minimum absolute atomic E-state index is 0.351. The van der Waals surface area contributed by atoms with Gasteiger partial charge in [0, 0.05) is 28.7 Å². The molecule has 1 N–H and O–H groups in total. The average Bonchev–Trinajstić information content (AvgIpc) is 2.44. The van der Waals surface area contributed by atoms with Gasteiger partial charge in [0.15, 0.2) is 0 Å². The van der Waals surface area contributed by atoms with E-state index in [0.29, 0.717) is 6.54 Å². The zero-order valence-corrected chi connectivity index (χ0v) is 17.2. The van der Waals surface area contributed by atoms with Gasteiger partial charge in [-0.1, -0.05) is 50.1 Å². The van der Waals surface area contributed by atoms with E-state index in [-0.39, 0.29) is 6.09 Å². The van der Waals surface area contributed by atoms with Gasteiger partial charge < -0.3 is 10.1 Å². The van der Waals surface area contributed by atoms with Crippen LogP contribution >= 0.6 is 43.6 Å². The molecule has 0 heterocycles. The Morgan fingerprint density at radius 3 is 2.50 bits per heavy atom. The van der Waals surface area contributed by atoms with E-state index in [1.807, 2.05) is 20.8 Å². The second-order valence-corrected chi connectivity index (χ2v) is 8.08. The Morgan fingerprint density at radius 1 is 1.23 bits per heavy atom. The highest BCUT2D eigenvalue weighted by Crippen LogP contribution is 2.20. The summed E-state index contributed by atoms with van der Waals surface area (Å²) >= 11 is 8.83. The summed E-state index contributed by atoms with van der Waals surface area (Å²) in [6.45, 7) is 6.20. The molecule has 124 valence electrons. The number of thioether (sulfide) groups is 1. The van der Waals surface area contributed by atoms with Gasteiger partial charge in [-0.05, 0) is 37.5 Å². The molecule has 0 saturated heterocycles. The van der Waals surface area contributed by atoms with Crippen molar-refractivity contribution in [3.8, 4) is 0 Å². The average molecular weight is 453 g/mol. The quantitative estimate of drug-likeness (QED) is 0.454. The van der Waals surface area contributed by atoms with Crippen molar-refractivity contribution < 1.29 is 9.53 Å². The smallest absolute Gasteiger partial charge is 0.407 e. The molecule has 0 bridgehead atoms. The number of benzene rings is 1. The molecule has 0 unspecified atom stereocenters. The Morgan fingerprint density at radius 2 is 1.91 bits per heavy atom. The molecule has 0 atom stereocenters. The van der Waals surface area contributed by atoms with Crippen LogP contribution in [0.1, 0.15) is 37.5 Å². The molecule has 0 spiro atoms. The van der Waals surface area contributed by atoms with Gasteiger partial charge in [-0.2, -0.15) is 11.8 Å². The lowest BCUT2D eigenvalue weighted by Gasteiger charge is -2.19. The molecule has 1 aromatic carbocycles. The van der Waals surface area contributed by atoms with Gasteiger partial charge in [-0.15, -0.1) is 0 Å². The first-order valence-corrected chi connectivity index (χ1v) is 10.5. The number of amides is 1. The molecular formula is C16H23Br2NO2S. The maximum absolute atomic E-state index is 11.5. The predicted molar refractivity (Wildman–Crippen MR) is 102 cm³/mol. The summed E-state index contributed by atoms with van der Waals surface area (Å²) in [5.74, 6) is 1.81. The maximum Gasteiger partial charge on any atom is 0.407 e. The maximum atomic E-state index is 11.5. The predicted octanol–water partition coefficient (Wildman–Crippen LogP) is 5.23. The molecule has 0 aromatic heterocycles. The summed E-state index contributed by atoms with van der Waals surface area (Å²) in [6, 6.07) is 6.57. The normalized spacial score (nSPS) is 11.3. The number of alkyl carbamates (subject to hydrolysis) is 1. The van der Waals surface area contributed by atoms with Crippen LogP contribution in [0.25, 0.3) is 0 Å². The van der Waals surface area contributed by atoms with Crippen LogP contribution in [-0.4, -0.2) is 24.0 Å². The fourth-order valence-electron chi connectivity index (χ4n) is 1.75. The lowest BCUT2D eigenvalue weighted by Crippen LogP contribution is -2.33. The third kappa shape index (κ3) is 7.88. The number of halogens is 2. The van der Waals surface area contributed by atoms with E-state index in [1.165, 1.54) is 16.7 Å². The number of alkyl halides is 2. The minimum Gasteiger partial charge on any atom is -0.444 e. The molecule has 6 heteroatoms. The largest absolute Gasteiger partial charge is 0.444 e. The van der Waals surface area contributed by atoms with Gasteiger partial charge in [0.25, 0.3) is 0 Å². The summed E-state index contributed by atoms with van der Waals surface area (Å²) in [6.07, 6.45) is -0.351. The Kier molecular flexibility index (Phi) is 8.87. The molecule has 3 nitrogen and oxygen atoms in total. The number of carbonyl (C=O) groups is 1. The third-order valence-corrected chi connectivity index (χ3v) is 4.98. The topological polar surface area (TPSA) is 38.3 Å². The van der Waals surface area contributed by atoms with Gasteiger partial charge in [0.05, 0.1) is 0 Å².